The number of carbonyl (C=O) groups is 1. The van der Waals surface area contributed by atoms with Gasteiger partial charge in [0.25, 0.3) is 0 Å². The van der Waals surface area contributed by atoms with E-state index in [4.69, 9.17) is 0 Å². The summed E-state index contributed by atoms with van der Waals surface area (Å²) in [5, 5.41) is 6.27. The number of rotatable bonds is 6. The van der Waals surface area contributed by atoms with Crippen molar-refractivity contribution in [3.8, 4) is 0 Å². The quantitative estimate of drug-likeness (QED) is 0.791. The minimum atomic E-state index is -0.0401. The second-order valence-corrected chi connectivity index (χ2v) is 4.75. The Labute approximate surface area is 120 Å². The van der Waals surface area contributed by atoms with Gasteiger partial charge >= 0.3 is 0 Å². The fraction of sp³-hybridized carbons (Fsp3) is 0.235. The van der Waals surface area contributed by atoms with Gasteiger partial charge < -0.3 is 10.6 Å². The molecule has 2 aromatic carbocycles. The molecule has 0 aliphatic rings. The normalized spacial score (nSPS) is 10.2. The molecule has 0 saturated carbocycles. The first-order valence-corrected chi connectivity index (χ1v) is 6.86. The SMILES string of the molecule is CC(=O)Nc1ccccc1CNCCc1ccccc1. The van der Waals surface area contributed by atoms with E-state index < -0.39 is 0 Å². The third kappa shape index (κ3) is 4.52. The zero-order valence-corrected chi connectivity index (χ0v) is 11.7. The standard InChI is InChI=1S/C17H20N2O/c1-14(20)19-17-10-6-5-9-16(17)13-18-12-11-15-7-3-2-4-8-15/h2-10,18H,11-13H2,1H3,(H,19,20). The van der Waals surface area contributed by atoms with E-state index in [2.05, 4.69) is 34.9 Å². The van der Waals surface area contributed by atoms with E-state index in [1.807, 2.05) is 30.3 Å². The molecule has 104 valence electrons. The summed E-state index contributed by atoms with van der Waals surface area (Å²) in [4.78, 5) is 11.1. The summed E-state index contributed by atoms with van der Waals surface area (Å²) in [5.41, 5.74) is 3.32. The summed E-state index contributed by atoms with van der Waals surface area (Å²) in [6.45, 7) is 3.20. The monoisotopic (exact) mass is 268 g/mol. The van der Waals surface area contributed by atoms with Crippen molar-refractivity contribution in [1.29, 1.82) is 0 Å². The van der Waals surface area contributed by atoms with Gasteiger partial charge in [0, 0.05) is 19.2 Å². The summed E-state index contributed by atoms with van der Waals surface area (Å²) in [7, 11) is 0. The first-order chi connectivity index (χ1) is 9.75. The van der Waals surface area contributed by atoms with Gasteiger partial charge in [-0.25, -0.2) is 0 Å². The Balaban J connectivity index is 1.83. The van der Waals surface area contributed by atoms with Crippen molar-refractivity contribution in [3.05, 3.63) is 65.7 Å². The van der Waals surface area contributed by atoms with E-state index >= 15 is 0 Å². The van der Waals surface area contributed by atoms with E-state index in [1.54, 1.807) is 0 Å². The summed E-state index contributed by atoms with van der Waals surface area (Å²) in [5.74, 6) is -0.0401. The molecule has 0 heterocycles. The van der Waals surface area contributed by atoms with Crippen molar-refractivity contribution in [2.45, 2.75) is 19.9 Å². The maximum atomic E-state index is 11.1. The molecule has 3 nitrogen and oxygen atoms in total. The highest BCUT2D eigenvalue weighted by molar-refractivity contribution is 5.89. The molecule has 0 aliphatic heterocycles. The number of hydrogen-bond donors (Lipinski definition) is 2. The molecule has 0 spiro atoms. The highest BCUT2D eigenvalue weighted by atomic mass is 16.1. The zero-order chi connectivity index (χ0) is 14.2. The Morgan fingerprint density at radius 3 is 2.45 bits per heavy atom. The van der Waals surface area contributed by atoms with Crippen molar-refractivity contribution >= 4 is 11.6 Å². The van der Waals surface area contributed by atoms with Gasteiger partial charge in [0.15, 0.2) is 0 Å². The molecule has 0 aromatic heterocycles. The van der Waals surface area contributed by atoms with Crippen molar-refractivity contribution < 1.29 is 4.79 Å². The third-order valence-electron chi connectivity index (χ3n) is 3.08. The number of para-hydroxylation sites is 1. The van der Waals surface area contributed by atoms with Crippen LogP contribution in [0.15, 0.2) is 54.6 Å². The summed E-state index contributed by atoms with van der Waals surface area (Å²) < 4.78 is 0. The Hall–Kier alpha value is -2.13. The van der Waals surface area contributed by atoms with Gasteiger partial charge in [-0.15, -0.1) is 0 Å². The molecular formula is C17H20N2O. The van der Waals surface area contributed by atoms with Crippen LogP contribution in [-0.2, 0) is 17.8 Å². The number of hydrogen-bond acceptors (Lipinski definition) is 2. The minimum Gasteiger partial charge on any atom is -0.326 e. The average Bonchev–Trinajstić information content (AvgIpc) is 2.46. The summed E-state index contributed by atoms with van der Waals surface area (Å²) in [6.07, 6.45) is 1.00. The number of nitrogens with one attached hydrogen (secondary N) is 2. The lowest BCUT2D eigenvalue weighted by atomic mass is 10.1. The van der Waals surface area contributed by atoms with Gasteiger partial charge in [0.2, 0.25) is 5.91 Å². The molecule has 0 bridgehead atoms. The predicted molar refractivity (Wildman–Crippen MR) is 82.6 cm³/mol. The van der Waals surface area contributed by atoms with Crippen molar-refractivity contribution in [3.63, 3.8) is 0 Å². The maximum absolute atomic E-state index is 11.1. The molecule has 0 fully saturated rings. The third-order valence-corrected chi connectivity index (χ3v) is 3.08. The van der Waals surface area contributed by atoms with Crippen LogP contribution >= 0.6 is 0 Å². The van der Waals surface area contributed by atoms with Crippen LogP contribution in [-0.4, -0.2) is 12.5 Å². The van der Waals surface area contributed by atoms with Gasteiger partial charge in [0.05, 0.1) is 0 Å². The molecule has 0 saturated heterocycles. The van der Waals surface area contributed by atoms with Crippen LogP contribution in [0.4, 0.5) is 5.69 Å². The molecule has 0 unspecified atom stereocenters. The molecule has 0 atom stereocenters. The number of amides is 1. The highest BCUT2D eigenvalue weighted by Crippen LogP contribution is 2.14. The zero-order valence-electron chi connectivity index (χ0n) is 11.7. The second-order valence-electron chi connectivity index (χ2n) is 4.75. The van der Waals surface area contributed by atoms with Crippen LogP contribution in [0.3, 0.4) is 0 Å². The van der Waals surface area contributed by atoms with E-state index in [-0.39, 0.29) is 5.91 Å². The van der Waals surface area contributed by atoms with Crippen LogP contribution in [0.1, 0.15) is 18.1 Å². The van der Waals surface area contributed by atoms with Gasteiger partial charge in [-0.3, -0.25) is 4.79 Å². The first-order valence-electron chi connectivity index (χ1n) is 6.86. The number of carbonyl (C=O) groups excluding carboxylic acids is 1. The van der Waals surface area contributed by atoms with E-state index in [9.17, 15) is 4.79 Å². The molecule has 1 amide bonds. The van der Waals surface area contributed by atoms with Gasteiger partial charge in [-0.2, -0.15) is 0 Å². The first kappa shape index (κ1) is 14.3. The van der Waals surface area contributed by atoms with Crippen LogP contribution in [0, 0.1) is 0 Å². The Morgan fingerprint density at radius 2 is 1.70 bits per heavy atom. The Morgan fingerprint density at radius 1 is 1.00 bits per heavy atom. The lowest BCUT2D eigenvalue weighted by Crippen LogP contribution is -2.18. The van der Waals surface area contributed by atoms with Crippen molar-refractivity contribution in [2.24, 2.45) is 0 Å². The fourth-order valence-corrected chi connectivity index (χ4v) is 2.09. The summed E-state index contributed by atoms with van der Waals surface area (Å²) in [6, 6.07) is 18.3. The lowest BCUT2D eigenvalue weighted by Gasteiger charge is -2.10. The second kappa shape index (κ2) is 7.46. The molecule has 3 heteroatoms. The van der Waals surface area contributed by atoms with E-state index in [0.717, 1.165) is 30.8 Å². The van der Waals surface area contributed by atoms with Crippen molar-refractivity contribution in [1.82, 2.24) is 5.32 Å². The smallest absolute Gasteiger partial charge is 0.221 e. The fourth-order valence-electron chi connectivity index (χ4n) is 2.09. The van der Waals surface area contributed by atoms with E-state index in [0.29, 0.717) is 0 Å². The Kier molecular flexibility index (Phi) is 5.33. The minimum absolute atomic E-state index is 0.0401. The maximum Gasteiger partial charge on any atom is 0.221 e. The number of benzene rings is 2. The molecule has 2 rings (SSSR count). The molecule has 20 heavy (non-hydrogen) atoms. The van der Waals surface area contributed by atoms with Crippen molar-refractivity contribution in [2.75, 3.05) is 11.9 Å². The summed E-state index contributed by atoms with van der Waals surface area (Å²) >= 11 is 0. The average molecular weight is 268 g/mol. The predicted octanol–water partition coefficient (Wildman–Crippen LogP) is 2.98. The number of anilines is 1. The van der Waals surface area contributed by atoms with Crippen LogP contribution < -0.4 is 10.6 Å². The van der Waals surface area contributed by atoms with Gasteiger partial charge in [-0.1, -0.05) is 48.5 Å². The molecule has 2 aromatic rings. The van der Waals surface area contributed by atoms with Crippen LogP contribution in [0.5, 0.6) is 0 Å². The van der Waals surface area contributed by atoms with Gasteiger partial charge in [-0.05, 0) is 30.2 Å². The molecule has 2 N–H and O–H groups in total. The molecular weight excluding hydrogens is 248 g/mol. The largest absolute Gasteiger partial charge is 0.326 e. The lowest BCUT2D eigenvalue weighted by molar-refractivity contribution is -0.114. The topological polar surface area (TPSA) is 41.1 Å². The Bertz CT molecular complexity index is 552. The molecule has 0 radical (unpaired) electrons. The highest BCUT2D eigenvalue weighted by Gasteiger charge is 2.02. The molecule has 0 aliphatic carbocycles. The van der Waals surface area contributed by atoms with Crippen LogP contribution in [0.2, 0.25) is 0 Å². The van der Waals surface area contributed by atoms with Gasteiger partial charge in [0.1, 0.15) is 0 Å². The van der Waals surface area contributed by atoms with E-state index in [1.165, 1.54) is 12.5 Å². The van der Waals surface area contributed by atoms with Crippen LogP contribution in [0.25, 0.3) is 0 Å².